The lowest BCUT2D eigenvalue weighted by Crippen LogP contribution is -2.27. The van der Waals surface area contributed by atoms with Gasteiger partial charge in [0.1, 0.15) is 10.7 Å². The number of nitrogens with zero attached hydrogens (tertiary/aromatic N) is 5. The molecule has 0 aliphatic heterocycles. The van der Waals surface area contributed by atoms with E-state index in [1.807, 2.05) is 7.05 Å². The minimum absolute atomic E-state index is 0.177. The first kappa shape index (κ1) is 15.7. The summed E-state index contributed by atoms with van der Waals surface area (Å²) in [7, 11) is -0.215. The van der Waals surface area contributed by atoms with Crippen molar-refractivity contribution >= 4 is 10.0 Å². The van der Waals surface area contributed by atoms with Crippen LogP contribution >= 0.6 is 0 Å². The van der Waals surface area contributed by atoms with Crippen molar-refractivity contribution in [2.24, 2.45) is 12.8 Å². The fourth-order valence-electron chi connectivity index (χ4n) is 1.87. The van der Waals surface area contributed by atoms with Crippen LogP contribution in [0.5, 0.6) is 0 Å². The van der Waals surface area contributed by atoms with Gasteiger partial charge in [0.15, 0.2) is 0 Å². The lowest BCUT2D eigenvalue weighted by Gasteiger charge is -2.15. The third-order valence-electron chi connectivity index (χ3n) is 3.19. The maximum absolute atomic E-state index is 12.5. The highest BCUT2D eigenvalue weighted by Gasteiger charge is 2.23. The summed E-state index contributed by atoms with van der Waals surface area (Å²) in [6, 6.07) is 0. The molecule has 0 amide bonds. The van der Waals surface area contributed by atoms with Crippen molar-refractivity contribution in [2.45, 2.75) is 24.4 Å². The molecule has 2 N–H and O–H groups in total. The van der Waals surface area contributed by atoms with Crippen LogP contribution in [0.3, 0.4) is 0 Å². The van der Waals surface area contributed by atoms with Crippen molar-refractivity contribution in [3.63, 3.8) is 0 Å². The van der Waals surface area contributed by atoms with E-state index in [1.54, 1.807) is 21.6 Å². The van der Waals surface area contributed by atoms with Gasteiger partial charge in [0.25, 0.3) is 0 Å². The summed E-state index contributed by atoms with van der Waals surface area (Å²) in [5.41, 5.74) is 5.43. The molecule has 0 spiro atoms. The Balaban J connectivity index is 2.13. The molecular formula is C12H20N6O2S. The summed E-state index contributed by atoms with van der Waals surface area (Å²) < 4.78 is 29.6. The number of aromatic nitrogens is 4. The van der Waals surface area contributed by atoms with Crippen LogP contribution in [0.25, 0.3) is 0 Å². The smallest absolute Gasteiger partial charge is 0.246 e. The van der Waals surface area contributed by atoms with Crippen molar-refractivity contribution in [2.75, 3.05) is 13.6 Å². The van der Waals surface area contributed by atoms with Crippen LogP contribution in [0.4, 0.5) is 0 Å². The lowest BCUT2D eigenvalue weighted by atomic mass is 10.4. The first-order valence-electron chi connectivity index (χ1n) is 6.60. The highest BCUT2D eigenvalue weighted by molar-refractivity contribution is 7.89. The van der Waals surface area contributed by atoms with Crippen LogP contribution in [-0.2, 0) is 30.2 Å². The summed E-state index contributed by atoms with van der Waals surface area (Å²) in [6.07, 6.45) is 7.06. The van der Waals surface area contributed by atoms with Crippen molar-refractivity contribution in [1.82, 2.24) is 23.6 Å². The largest absolute Gasteiger partial charge is 0.337 e. The average Bonchev–Trinajstić information content (AvgIpc) is 3.06. The standard InChI is InChI=1S/C12H20N6O2S/c1-16-7-5-14-12(16)10-17(2)21(19,20)11-8-15-18(9-11)6-3-4-13/h5,7-9H,3-4,6,10,13H2,1-2H3. The van der Waals surface area contributed by atoms with Crippen LogP contribution in [0.15, 0.2) is 29.7 Å². The summed E-state index contributed by atoms with van der Waals surface area (Å²) >= 11 is 0. The average molecular weight is 312 g/mol. The number of hydrogen-bond acceptors (Lipinski definition) is 5. The Bertz CT molecular complexity index is 690. The van der Waals surface area contributed by atoms with E-state index in [1.165, 1.54) is 23.7 Å². The van der Waals surface area contributed by atoms with Gasteiger partial charge in [-0.1, -0.05) is 0 Å². The SMILES string of the molecule is CN(Cc1nccn1C)S(=O)(=O)c1cnn(CCCN)c1. The Hall–Kier alpha value is -1.71. The number of aryl methyl sites for hydroxylation is 2. The number of rotatable bonds is 7. The first-order valence-corrected chi connectivity index (χ1v) is 8.04. The molecule has 0 atom stereocenters. The second-order valence-electron chi connectivity index (χ2n) is 4.80. The third-order valence-corrected chi connectivity index (χ3v) is 4.95. The summed E-state index contributed by atoms with van der Waals surface area (Å²) in [5.74, 6) is 0.677. The number of hydrogen-bond donors (Lipinski definition) is 1. The predicted octanol–water partition coefficient (Wildman–Crippen LogP) is -0.214. The second kappa shape index (κ2) is 6.37. The fraction of sp³-hybridized carbons (Fsp3) is 0.500. The van der Waals surface area contributed by atoms with Gasteiger partial charge in [0.2, 0.25) is 10.0 Å². The molecule has 116 valence electrons. The molecule has 0 saturated heterocycles. The van der Waals surface area contributed by atoms with Gasteiger partial charge in [0.05, 0.1) is 12.7 Å². The Labute approximate surface area is 124 Å². The molecule has 0 bridgehead atoms. The van der Waals surface area contributed by atoms with Gasteiger partial charge in [-0.3, -0.25) is 4.68 Å². The molecule has 2 heterocycles. The van der Waals surface area contributed by atoms with Crippen molar-refractivity contribution in [3.05, 3.63) is 30.6 Å². The normalized spacial score (nSPS) is 12.2. The van der Waals surface area contributed by atoms with Crippen LogP contribution in [0, 0.1) is 0 Å². The Morgan fingerprint density at radius 1 is 1.43 bits per heavy atom. The van der Waals surface area contributed by atoms with Crippen LogP contribution in [0.2, 0.25) is 0 Å². The van der Waals surface area contributed by atoms with Gasteiger partial charge in [-0.15, -0.1) is 0 Å². The van der Waals surface area contributed by atoms with Crippen molar-refractivity contribution < 1.29 is 8.42 Å². The molecule has 9 heteroatoms. The van der Waals surface area contributed by atoms with E-state index in [2.05, 4.69) is 10.1 Å². The monoisotopic (exact) mass is 312 g/mol. The van der Waals surface area contributed by atoms with Gasteiger partial charge in [-0.2, -0.15) is 9.40 Å². The molecule has 0 unspecified atom stereocenters. The van der Waals surface area contributed by atoms with E-state index in [0.29, 0.717) is 18.9 Å². The summed E-state index contributed by atoms with van der Waals surface area (Å²) in [4.78, 5) is 4.31. The zero-order valence-corrected chi connectivity index (χ0v) is 13.0. The molecule has 8 nitrogen and oxygen atoms in total. The van der Waals surface area contributed by atoms with E-state index < -0.39 is 10.0 Å². The quantitative estimate of drug-likeness (QED) is 0.762. The van der Waals surface area contributed by atoms with E-state index in [4.69, 9.17) is 5.73 Å². The van der Waals surface area contributed by atoms with Gasteiger partial charge >= 0.3 is 0 Å². The molecular weight excluding hydrogens is 292 g/mol. The van der Waals surface area contributed by atoms with Crippen molar-refractivity contribution in [3.8, 4) is 0 Å². The molecule has 2 aromatic rings. The molecule has 0 aromatic carbocycles. The second-order valence-corrected chi connectivity index (χ2v) is 6.84. The van der Waals surface area contributed by atoms with E-state index in [-0.39, 0.29) is 11.4 Å². The van der Waals surface area contributed by atoms with Crippen LogP contribution < -0.4 is 5.73 Å². The molecule has 2 rings (SSSR count). The topological polar surface area (TPSA) is 99.0 Å². The highest BCUT2D eigenvalue weighted by Crippen LogP contribution is 2.15. The van der Waals surface area contributed by atoms with Crippen molar-refractivity contribution in [1.29, 1.82) is 0 Å². The fourth-order valence-corrected chi connectivity index (χ4v) is 2.95. The zero-order valence-electron chi connectivity index (χ0n) is 12.2. The molecule has 0 radical (unpaired) electrons. The maximum Gasteiger partial charge on any atom is 0.246 e. The van der Waals surface area contributed by atoms with Gasteiger partial charge in [-0.25, -0.2) is 13.4 Å². The number of sulfonamides is 1. The molecule has 0 fully saturated rings. The number of imidazole rings is 1. The van der Waals surface area contributed by atoms with Gasteiger partial charge in [0, 0.05) is 39.2 Å². The Morgan fingerprint density at radius 2 is 2.19 bits per heavy atom. The predicted molar refractivity (Wildman–Crippen MR) is 77.8 cm³/mol. The summed E-state index contributed by atoms with van der Waals surface area (Å²) in [5, 5.41) is 4.05. The third kappa shape index (κ3) is 3.49. The highest BCUT2D eigenvalue weighted by atomic mass is 32.2. The Morgan fingerprint density at radius 3 is 2.81 bits per heavy atom. The van der Waals surface area contributed by atoms with Crippen LogP contribution in [0.1, 0.15) is 12.2 Å². The van der Waals surface area contributed by atoms with Gasteiger partial charge < -0.3 is 10.3 Å². The maximum atomic E-state index is 12.5. The lowest BCUT2D eigenvalue weighted by molar-refractivity contribution is 0.451. The number of nitrogens with two attached hydrogens (primary N) is 1. The van der Waals surface area contributed by atoms with Gasteiger partial charge in [-0.05, 0) is 13.0 Å². The minimum atomic E-state index is -3.57. The molecule has 0 aliphatic carbocycles. The molecule has 0 saturated carbocycles. The molecule has 21 heavy (non-hydrogen) atoms. The van der Waals surface area contributed by atoms with E-state index >= 15 is 0 Å². The first-order chi connectivity index (χ1) is 9.95. The van der Waals surface area contributed by atoms with E-state index in [0.717, 1.165) is 6.42 Å². The minimum Gasteiger partial charge on any atom is -0.337 e. The van der Waals surface area contributed by atoms with Crippen LogP contribution in [-0.4, -0.2) is 45.6 Å². The summed E-state index contributed by atoms with van der Waals surface area (Å²) in [6.45, 7) is 1.36. The Kier molecular flexibility index (Phi) is 4.76. The molecule has 0 aliphatic rings. The van der Waals surface area contributed by atoms with E-state index in [9.17, 15) is 8.42 Å². The molecule has 2 aromatic heterocycles. The zero-order chi connectivity index (χ0) is 15.5.